The van der Waals surface area contributed by atoms with Crippen LogP contribution in [-0.2, 0) is 0 Å². The molecule has 0 saturated carbocycles. The molecule has 2 aromatic rings. The van der Waals surface area contributed by atoms with E-state index in [1.54, 1.807) is 0 Å². The van der Waals surface area contributed by atoms with Gasteiger partial charge in [-0.25, -0.2) is 14.2 Å². The Kier molecular flexibility index (Phi) is 3.85. The van der Waals surface area contributed by atoms with Crippen molar-refractivity contribution in [2.45, 2.75) is 23.8 Å². The Balaban J connectivity index is 2.30. The van der Waals surface area contributed by atoms with Gasteiger partial charge in [0.15, 0.2) is 0 Å². The molecule has 0 fully saturated rings. The first-order valence-corrected chi connectivity index (χ1v) is 6.43. The molecule has 1 heterocycles. The van der Waals surface area contributed by atoms with Crippen LogP contribution in [0.4, 0.5) is 4.39 Å². The number of hydrogen-bond donors (Lipinski definition) is 1. The number of aryl methyl sites for hydroxylation is 2. The number of carboxylic acid groups (broad SMARTS) is 1. The number of hydrogen-bond acceptors (Lipinski definition) is 3. The van der Waals surface area contributed by atoms with Crippen LogP contribution < -0.4 is 0 Å². The summed E-state index contributed by atoms with van der Waals surface area (Å²) in [5.41, 5.74) is 1.86. The summed E-state index contributed by atoms with van der Waals surface area (Å²) in [4.78, 5) is 15.4. The average Bonchev–Trinajstić information content (AvgIpc) is 2.30. The second-order valence-corrected chi connectivity index (χ2v) is 5.24. The van der Waals surface area contributed by atoms with Gasteiger partial charge in [0, 0.05) is 10.6 Å². The topological polar surface area (TPSA) is 50.2 Å². The smallest absolute Gasteiger partial charge is 0.335 e. The van der Waals surface area contributed by atoms with Crippen LogP contribution >= 0.6 is 11.8 Å². The fourth-order valence-corrected chi connectivity index (χ4v) is 2.64. The van der Waals surface area contributed by atoms with Crippen LogP contribution in [0.25, 0.3) is 0 Å². The molecular formula is C14H12FNO2S. The first-order chi connectivity index (χ1) is 8.95. The van der Waals surface area contributed by atoms with Gasteiger partial charge < -0.3 is 5.11 Å². The van der Waals surface area contributed by atoms with Gasteiger partial charge in [-0.15, -0.1) is 0 Å². The molecule has 19 heavy (non-hydrogen) atoms. The summed E-state index contributed by atoms with van der Waals surface area (Å²) in [5, 5.41) is 9.47. The number of carbonyl (C=O) groups is 1. The van der Waals surface area contributed by atoms with Crippen molar-refractivity contribution in [3.63, 3.8) is 0 Å². The van der Waals surface area contributed by atoms with Crippen LogP contribution in [0.1, 0.15) is 21.6 Å². The first-order valence-electron chi connectivity index (χ1n) is 5.61. The van der Waals surface area contributed by atoms with Gasteiger partial charge in [0.1, 0.15) is 10.8 Å². The molecule has 2 rings (SSSR count). The van der Waals surface area contributed by atoms with E-state index in [2.05, 4.69) is 4.98 Å². The lowest BCUT2D eigenvalue weighted by atomic mass is 10.2. The summed E-state index contributed by atoms with van der Waals surface area (Å²) in [5.74, 6) is -1.69. The second kappa shape index (κ2) is 5.40. The zero-order valence-corrected chi connectivity index (χ0v) is 11.3. The highest BCUT2D eigenvalue weighted by atomic mass is 32.2. The van der Waals surface area contributed by atoms with E-state index in [1.807, 2.05) is 26.0 Å². The van der Waals surface area contributed by atoms with E-state index in [1.165, 1.54) is 23.9 Å². The molecule has 5 heteroatoms. The van der Waals surface area contributed by atoms with Crippen LogP contribution in [0.2, 0.25) is 0 Å². The van der Waals surface area contributed by atoms with Crippen molar-refractivity contribution in [3.8, 4) is 0 Å². The van der Waals surface area contributed by atoms with Crippen molar-refractivity contribution >= 4 is 17.7 Å². The Bertz CT molecular complexity index is 623. The molecule has 0 bridgehead atoms. The number of nitrogens with zero attached hydrogens (tertiary/aromatic N) is 1. The van der Waals surface area contributed by atoms with Gasteiger partial charge in [-0.1, -0.05) is 11.8 Å². The van der Waals surface area contributed by atoms with Crippen molar-refractivity contribution in [1.82, 2.24) is 4.98 Å². The molecule has 1 N–H and O–H groups in total. The average molecular weight is 277 g/mol. The summed E-state index contributed by atoms with van der Waals surface area (Å²) in [6, 6.07) is 7.67. The Labute approximate surface area is 114 Å². The highest BCUT2D eigenvalue weighted by Gasteiger charge is 2.10. The lowest BCUT2D eigenvalue weighted by molar-refractivity contribution is 0.0696. The van der Waals surface area contributed by atoms with Crippen LogP contribution in [-0.4, -0.2) is 16.1 Å². The van der Waals surface area contributed by atoms with Gasteiger partial charge in [-0.05, 0) is 49.7 Å². The lowest BCUT2D eigenvalue weighted by Crippen LogP contribution is -1.97. The third kappa shape index (κ3) is 3.32. The molecular weight excluding hydrogens is 265 g/mol. The molecule has 1 aromatic carbocycles. The van der Waals surface area contributed by atoms with E-state index >= 15 is 0 Å². The first kappa shape index (κ1) is 13.5. The van der Waals surface area contributed by atoms with Gasteiger partial charge in [-0.3, -0.25) is 0 Å². The van der Waals surface area contributed by atoms with E-state index in [4.69, 9.17) is 5.11 Å². The molecule has 0 aliphatic carbocycles. The minimum atomic E-state index is -1.14. The van der Waals surface area contributed by atoms with Crippen LogP contribution in [0.15, 0.2) is 40.3 Å². The van der Waals surface area contributed by atoms with Gasteiger partial charge in [0.25, 0.3) is 0 Å². The zero-order chi connectivity index (χ0) is 14.0. The molecule has 0 atom stereocenters. The van der Waals surface area contributed by atoms with Crippen LogP contribution in [0.3, 0.4) is 0 Å². The number of carboxylic acids is 1. The van der Waals surface area contributed by atoms with Gasteiger partial charge in [0.2, 0.25) is 0 Å². The number of halogens is 1. The van der Waals surface area contributed by atoms with Gasteiger partial charge in [0.05, 0.1) is 5.56 Å². The predicted octanol–water partition coefficient (Wildman–Crippen LogP) is 3.69. The summed E-state index contributed by atoms with van der Waals surface area (Å²) in [6.45, 7) is 3.82. The van der Waals surface area contributed by atoms with E-state index < -0.39 is 11.8 Å². The molecule has 3 nitrogen and oxygen atoms in total. The largest absolute Gasteiger partial charge is 0.478 e. The normalized spacial score (nSPS) is 10.5. The Hall–Kier alpha value is -1.88. The number of rotatable bonds is 3. The van der Waals surface area contributed by atoms with E-state index in [-0.39, 0.29) is 5.56 Å². The Morgan fingerprint density at radius 1 is 1.26 bits per heavy atom. The monoisotopic (exact) mass is 277 g/mol. The standard InChI is InChI=1S/C14H12FNO2S/c1-8-5-9(2)16-13(6-8)19-12-4-3-10(14(17)18)7-11(12)15/h3-7H,1-2H3,(H,17,18). The summed E-state index contributed by atoms with van der Waals surface area (Å²) < 4.78 is 13.8. The van der Waals surface area contributed by atoms with Crippen LogP contribution in [0, 0.1) is 19.7 Å². The summed E-state index contributed by atoms with van der Waals surface area (Å²) in [6.07, 6.45) is 0. The van der Waals surface area contributed by atoms with Crippen molar-refractivity contribution in [1.29, 1.82) is 0 Å². The third-order valence-electron chi connectivity index (χ3n) is 2.47. The number of benzene rings is 1. The zero-order valence-electron chi connectivity index (χ0n) is 10.5. The minimum Gasteiger partial charge on any atom is -0.478 e. The minimum absolute atomic E-state index is 0.0600. The van der Waals surface area contributed by atoms with Crippen molar-refractivity contribution in [2.24, 2.45) is 0 Å². The van der Waals surface area contributed by atoms with Crippen LogP contribution in [0.5, 0.6) is 0 Å². The quantitative estimate of drug-likeness (QED) is 0.929. The molecule has 1 aromatic heterocycles. The summed E-state index contributed by atoms with van der Waals surface area (Å²) in [7, 11) is 0. The summed E-state index contributed by atoms with van der Waals surface area (Å²) >= 11 is 1.18. The lowest BCUT2D eigenvalue weighted by Gasteiger charge is -2.05. The SMILES string of the molecule is Cc1cc(C)nc(Sc2ccc(C(=O)O)cc2F)c1. The molecule has 0 spiro atoms. The predicted molar refractivity (Wildman–Crippen MR) is 71.2 cm³/mol. The number of pyridine rings is 1. The third-order valence-corrected chi connectivity index (χ3v) is 3.44. The Morgan fingerprint density at radius 2 is 2.00 bits per heavy atom. The molecule has 0 aliphatic heterocycles. The molecule has 0 unspecified atom stereocenters. The maximum atomic E-state index is 13.8. The van der Waals surface area contributed by atoms with Gasteiger partial charge >= 0.3 is 5.97 Å². The van der Waals surface area contributed by atoms with E-state index in [0.717, 1.165) is 17.3 Å². The van der Waals surface area contributed by atoms with Crippen molar-refractivity contribution in [2.75, 3.05) is 0 Å². The van der Waals surface area contributed by atoms with E-state index in [9.17, 15) is 9.18 Å². The Morgan fingerprint density at radius 3 is 2.58 bits per heavy atom. The molecule has 0 aliphatic rings. The van der Waals surface area contributed by atoms with Crippen molar-refractivity contribution < 1.29 is 14.3 Å². The molecule has 0 radical (unpaired) electrons. The maximum absolute atomic E-state index is 13.8. The van der Waals surface area contributed by atoms with Gasteiger partial charge in [-0.2, -0.15) is 0 Å². The number of aromatic carboxylic acids is 1. The fraction of sp³-hybridized carbons (Fsp3) is 0.143. The highest BCUT2D eigenvalue weighted by molar-refractivity contribution is 7.99. The fourth-order valence-electron chi connectivity index (χ4n) is 1.69. The molecule has 0 saturated heterocycles. The molecule has 98 valence electrons. The number of aromatic nitrogens is 1. The second-order valence-electron chi connectivity index (χ2n) is 4.18. The van der Waals surface area contributed by atoms with E-state index in [0.29, 0.717) is 9.92 Å². The highest BCUT2D eigenvalue weighted by Crippen LogP contribution is 2.29. The maximum Gasteiger partial charge on any atom is 0.335 e. The van der Waals surface area contributed by atoms with Crippen molar-refractivity contribution in [3.05, 3.63) is 53.0 Å². The molecule has 0 amide bonds.